The minimum atomic E-state index is 1.07. The van der Waals surface area contributed by atoms with Crippen LogP contribution in [-0.2, 0) is 7.05 Å². The van der Waals surface area contributed by atoms with E-state index < -0.39 is 0 Å². The van der Waals surface area contributed by atoms with Gasteiger partial charge in [0, 0.05) is 17.7 Å². The van der Waals surface area contributed by atoms with Gasteiger partial charge in [-0.15, -0.1) is 0 Å². The number of aryl methyl sites for hydroxylation is 5. The highest BCUT2D eigenvalue weighted by Gasteiger charge is 2.17. The average molecular weight is 303 g/mol. The summed E-state index contributed by atoms with van der Waals surface area (Å²) in [6.07, 6.45) is 2.08. The number of nitrogens with zero attached hydrogens (tertiary/aromatic N) is 2. The Balaban J connectivity index is 2.21. The molecule has 0 aliphatic carbocycles. The molecule has 23 heavy (non-hydrogen) atoms. The van der Waals surface area contributed by atoms with Gasteiger partial charge in [-0.1, -0.05) is 18.2 Å². The van der Waals surface area contributed by atoms with Crippen molar-refractivity contribution < 1.29 is 4.57 Å². The third kappa shape index (κ3) is 2.77. The third-order valence-corrected chi connectivity index (χ3v) is 4.45. The molecule has 0 unspecified atom stereocenters. The summed E-state index contributed by atoms with van der Waals surface area (Å²) in [5, 5.41) is 0. The Morgan fingerprint density at radius 3 is 2.09 bits per heavy atom. The zero-order valence-electron chi connectivity index (χ0n) is 14.5. The van der Waals surface area contributed by atoms with E-state index in [9.17, 15) is 0 Å². The van der Waals surface area contributed by atoms with Crippen LogP contribution in [0.4, 0.5) is 0 Å². The monoisotopic (exact) mass is 303 g/mol. The van der Waals surface area contributed by atoms with Crippen LogP contribution < -0.4 is 4.57 Å². The fourth-order valence-corrected chi connectivity index (χ4v) is 3.35. The van der Waals surface area contributed by atoms with Crippen LogP contribution in [0, 0.1) is 27.7 Å². The van der Waals surface area contributed by atoms with E-state index in [1.165, 1.54) is 33.5 Å². The number of pyridine rings is 2. The second kappa shape index (κ2) is 5.96. The molecule has 3 rings (SSSR count). The lowest BCUT2D eigenvalue weighted by Crippen LogP contribution is -2.30. The first-order chi connectivity index (χ1) is 11.0. The summed E-state index contributed by atoms with van der Waals surface area (Å²) in [6, 6.07) is 14.9. The zero-order chi connectivity index (χ0) is 16.6. The molecule has 2 heteroatoms. The van der Waals surface area contributed by atoms with Crippen LogP contribution in [0.3, 0.4) is 0 Å². The number of hydrogen-bond donors (Lipinski definition) is 0. The molecule has 0 spiro atoms. The molecular formula is C21H23N2+. The first-order valence-electron chi connectivity index (χ1n) is 7.99. The topological polar surface area (TPSA) is 16.8 Å². The molecule has 0 radical (unpaired) electrons. The smallest absolute Gasteiger partial charge is 0.214 e. The van der Waals surface area contributed by atoms with Gasteiger partial charge in [0.25, 0.3) is 0 Å². The number of hydrogen-bond acceptors (Lipinski definition) is 1. The minimum absolute atomic E-state index is 1.07. The van der Waals surface area contributed by atoms with Gasteiger partial charge in [0.2, 0.25) is 5.69 Å². The van der Waals surface area contributed by atoms with Crippen molar-refractivity contribution in [3.05, 3.63) is 71.0 Å². The van der Waals surface area contributed by atoms with E-state index in [1.54, 1.807) is 0 Å². The van der Waals surface area contributed by atoms with Crippen LogP contribution in [0.25, 0.3) is 22.5 Å². The lowest BCUT2D eigenvalue weighted by atomic mass is 9.96. The van der Waals surface area contributed by atoms with Gasteiger partial charge in [0.1, 0.15) is 7.05 Å². The van der Waals surface area contributed by atoms with E-state index in [-0.39, 0.29) is 0 Å². The Morgan fingerprint density at radius 1 is 0.783 bits per heavy atom. The van der Waals surface area contributed by atoms with E-state index in [4.69, 9.17) is 4.98 Å². The molecular weight excluding hydrogens is 280 g/mol. The van der Waals surface area contributed by atoms with E-state index in [0.717, 1.165) is 11.4 Å². The summed E-state index contributed by atoms with van der Waals surface area (Å²) in [4.78, 5) is 4.93. The summed E-state index contributed by atoms with van der Waals surface area (Å²) in [5.41, 5.74) is 9.62. The van der Waals surface area contributed by atoms with Crippen molar-refractivity contribution in [2.75, 3.05) is 0 Å². The van der Waals surface area contributed by atoms with Crippen LogP contribution in [0.15, 0.2) is 48.7 Å². The lowest BCUT2D eigenvalue weighted by Gasteiger charge is -2.14. The maximum atomic E-state index is 4.93. The van der Waals surface area contributed by atoms with Crippen LogP contribution >= 0.6 is 0 Å². The van der Waals surface area contributed by atoms with Crippen LogP contribution in [0.1, 0.15) is 22.4 Å². The highest BCUT2D eigenvalue weighted by Crippen LogP contribution is 2.31. The normalized spacial score (nSPS) is 10.8. The molecule has 0 saturated carbocycles. The van der Waals surface area contributed by atoms with Crippen LogP contribution in [0.5, 0.6) is 0 Å². The first kappa shape index (κ1) is 15.4. The largest absolute Gasteiger partial charge is 0.252 e. The summed E-state index contributed by atoms with van der Waals surface area (Å²) >= 11 is 0. The van der Waals surface area contributed by atoms with Gasteiger partial charge in [0.15, 0.2) is 6.20 Å². The molecule has 3 aromatic rings. The fourth-order valence-electron chi connectivity index (χ4n) is 3.35. The number of benzene rings is 1. The molecule has 0 aliphatic heterocycles. The maximum Gasteiger partial charge on any atom is 0.214 e. The van der Waals surface area contributed by atoms with Gasteiger partial charge in [-0.2, -0.15) is 0 Å². The SMILES string of the molecule is Cc1cccc(C)c1-c1cc(C)c(-c2cccc[n+]2C)c(C)n1. The minimum Gasteiger partial charge on any atom is -0.252 e. The Labute approximate surface area is 138 Å². The Morgan fingerprint density at radius 2 is 1.48 bits per heavy atom. The van der Waals surface area contributed by atoms with Crippen molar-refractivity contribution in [2.45, 2.75) is 27.7 Å². The molecule has 0 fully saturated rings. The van der Waals surface area contributed by atoms with Crippen molar-refractivity contribution in [1.82, 2.24) is 4.98 Å². The van der Waals surface area contributed by atoms with Crippen molar-refractivity contribution in [2.24, 2.45) is 7.05 Å². The number of rotatable bonds is 2. The molecule has 2 heterocycles. The van der Waals surface area contributed by atoms with E-state index in [2.05, 4.69) is 81.9 Å². The van der Waals surface area contributed by atoms with Gasteiger partial charge in [0.05, 0.1) is 17.0 Å². The molecule has 116 valence electrons. The molecule has 0 bridgehead atoms. The predicted molar refractivity (Wildman–Crippen MR) is 95.2 cm³/mol. The zero-order valence-corrected chi connectivity index (χ0v) is 14.5. The van der Waals surface area contributed by atoms with Crippen LogP contribution in [0.2, 0.25) is 0 Å². The molecule has 2 aromatic heterocycles. The van der Waals surface area contributed by atoms with Gasteiger partial charge in [-0.3, -0.25) is 4.98 Å². The predicted octanol–water partition coefficient (Wildman–Crippen LogP) is 4.47. The van der Waals surface area contributed by atoms with Crippen molar-refractivity contribution in [1.29, 1.82) is 0 Å². The number of aromatic nitrogens is 2. The van der Waals surface area contributed by atoms with Gasteiger partial charge < -0.3 is 0 Å². The quantitative estimate of drug-likeness (QED) is 0.638. The van der Waals surface area contributed by atoms with E-state index >= 15 is 0 Å². The van der Waals surface area contributed by atoms with Crippen molar-refractivity contribution in [3.63, 3.8) is 0 Å². The molecule has 0 saturated heterocycles. The Bertz CT molecular complexity index is 836. The summed E-state index contributed by atoms with van der Waals surface area (Å²) in [5.74, 6) is 0. The maximum absolute atomic E-state index is 4.93. The van der Waals surface area contributed by atoms with Gasteiger partial charge >= 0.3 is 0 Å². The molecule has 0 atom stereocenters. The molecule has 0 amide bonds. The Hall–Kier alpha value is -2.48. The van der Waals surface area contributed by atoms with Crippen LogP contribution in [-0.4, -0.2) is 4.98 Å². The molecule has 1 aromatic carbocycles. The second-order valence-corrected chi connectivity index (χ2v) is 6.25. The molecule has 2 nitrogen and oxygen atoms in total. The average Bonchev–Trinajstić information content (AvgIpc) is 2.48. The first-order valence-corrected chi connectivity index (χ1v) is 7.99. The van der Waals surface area contributed by atoms with E-state index in [0.29, 0.717) is 0 Å². The van der Waals surface area contributed by atoms with Crippen molar-refractivity contribution >= 4 is 0 Å². The van der Waals surface area contributed by atoms with Gasteiger partial charge in [-0.25, -0.2) is 4.57 Å². The summed E-state index contributed by atoms with van der Waals surface area (Å²) in [7, 11) is 2.08. The highest BCUT2D eigenvalue weighted by molar-refractivity contribution is 5.73. The second-order valence-electron chi connectivity index (χ2n) is 6.25. The Kier molecular flexibility index (Phi) is 3.99. The standard InChI is InChI=1S/C21H23N2/c1-14-9-8-10-15(2)20(14)18-13-16(3)21(17(4)22-18)19-11-6-7-12-23(19)5/h6-13H,1-5H3/q+1. The third-order valence-electron chi connectivity index (χ3n) is 4.45. The summed E-state index contributed by atoms with van der Waals surface area (Å²) in [6.45, 7) is 8.58. The van der Waals surface area contributed by atoms with Crippen molar-refractivity contribution in [3.8, 4) is 22.5 Å². The highest BCUT2D eigenvalue weighted by atomic mass is 14.9. The molecule has 0 N–H and O–H groups in total. The van der Waals surface area contributed by atoms with Gasteiger partial charge in [-0.05, 0) is 56.5 Å². The fraction of sp³-hybridized carbons (Fsp3) is 0.238. The lowest BCUT2D eigenvalue weighted by molar-refractivity contribution is -0.660. The summed E-state index contributed by atoms with van der Waals surface area (Å²) < 4.78 is 2.15. The van der Waals surface area contributed by atoms with E-state index in [1.807, 2.05) is 6.07 Å². The molecule has 0 aliphatic rings.